The molecule has 0 bridgehead atoms. The van der Waals surface area contributed by atoms with Crippen LogP contribution in [0.15, 0.2) is 55.1 Å². The molecule has 2 aromatic carbocycles. The van der Waals surface area contributed by atoms with Crippen LogP contribution in [0.25, 0.3) is 0 Å². The van der Waals surface area contributed by atoms with Gasteiger partial charge in [-0.3, -0.25) is 4.79 Å². The number of hydrogen-bond donors (Lipinski definition) is 0. The first kappa shape index (κ1) is 27.1. The molecule has 6 nitrogen and oxygen atoms in total. The van der Waals surface area contributed by atoms with Gasteiger partial charge in [-0.15, -0.1) is 10.2 Å². The Morgan fingerprint density at radius 2 is 1.54 bits per heavy atom. The van der Waals surface area contributed by atoms with Crippen molar-refractivity contribution in [2.75, 3.05) is 6.54 Å². The molecule has 39 heavy (non-hydrogen) atoms. The summed E-state index contributed by atoms with van der Waals surface area (Å²) in [7, 11) is 0. The molecule has 5 rings (SSSR count). The lowest BCUT2D eigenvalue weighted by Gasteiger charge is -2.37. The molecule has 2 aliphatic heterocycles. The highest BCUT2D eigenvalue weighted by atomic mass is 19.4. The van der Waals surface area contributed by atoms with E-state index in [-0.39, 0.29) is 36.5 Å². The molecule has 208 valence electrons. The average Bonchev–Trinajstić information content (AvgIpc) is 3.52. The molecule has 13 heteroatoms. The van der Waals surface area contributed by atoms with Crippen molar-refractivity contribution in [3.63, 3.8) is 0 Å². The summed E-state index contributed by atoms with van der Waals surface area (Å²) in [6.45, 7) is 1.45. The molecular weight excluding hydrogens is 533 g/mol. The van der Waals surface area contributed by atoms with Gasteiger partial charge in [-0.1, -0.05) is 12.1 Å². The van der Waals surface area contributed by atoms with E-state index in [1.165, 1.54) is 31.7 Å². The normalized spacial score (nSPS) is 24.6. The van der Waals surface area contributed by atoms with E-state index >= 15 is 0 Å². The van der Waals surface area contributed by atoms with Gasteiger partial charge >= 0.3 is 12.4 Å². The Morgan fingerprint density at radius 1 is 0.949 bits per heavy atom. The number of hydrogen-bond acceptors (Lipinski definition) is 4. The van der Waals surface area contributed by atoms with Gasteiger partial charge in [0.15, 0.2) is 0 Å². The number of alkyl halides is 6. The maximum Gasteiger partial charge on any atom is 0.416 e. The molecule has 2 aliphatic rings. The van der Waals surface area contributed by atoms with E-state index in [9.17, 15) is 35.5 Å². The Morgan fingerprint density at radius 3 is 2.10 bits per heavy atom. The van der Waals surface area contributed by atoms with E-state index in [0.717, 1.165) is 0 Å². The van der Waals surface area contributed by atoms with Crippen LogP contribution in [0.5, 0.6) is 0 Å². The number of rotatable bonds is 5. The van der Waals surface area contributed by atoms with E-state index in [4.69, 9.17) is 4.74 Å². The highest BCUT2D eigenvalue weighted by Gasteiger charge is 2.50. The number of ether oxygens (including phenoxy) is 1. The van der Waals surface area contributed by atoms with Crippen LogP contribution in [-0.4, -0.2) is 44.3 Å². The Balaban J connectivity index is 1.48. The van der Waals surface area contributed by atoms with Gasteiger partial charge in [0.2, 0.25) is 5.91 Å². The van der Waals surface area contributed by atoms with Gasteiger partial charge < -0.3 is 14.2 Å². The van der Waals surface area contributed by atoms with Crippen LogP contribution in [0.1, 0.15) is 60.1 Å². The molecule has 0 radical (unpaired) electrons. The predicted octanol–water partition coefficient (Wildman–Crippen LogP) is 5.93. The second-order valence-corrected chi connectivity index (χ2v) is 9.85. The minimum Gasteiger partial charge on any atom is -0.368 e. The van der Waals surface area contributed by atoms with Gasteiger partial charge in [0.25, 0.3) is 0 Å². The van der Waals surface area contributed by atoms with E-state index in [2.05, 4.69) is 10.2 Å². The Bertz CT molecular complexity index is 1290. The maximum absolute atomic E-state index is 13.7. The number of carbonyl (C=O) groups is 1. The zero-order valence-electron chi connectivity index (χ0n) is 20.5. The fourth-order valence-corrected chi connectivity index (χ4v) is 5.55. The van der Waals surface area contributed by atoms with Crippen LogP contribution in [0, 0.1) is 5.82 Å². The van der Waals surface area contributed by atoms with Crippen molar-refractivity contribution < 1.29 is 40.3 Å². The minimum absolute atomic E-state index is 0.0666. The molecule has 2 fully saturated rings. The fraction of sp³-hybridized carbons (Fsp3) is 0.423. The summed E-state index contributed by atoms with van der Waals surface area (Å²) in [5.41, 5.74) is -2.53. The third-order valence-corrected chi connectivity index (χ3v) is 7.41. The Labute approximate surface area is 218 Å². The topological polar surface area (TPSA) is 60.2 Å². The third-order valence-electron chi connectivity index (χ3n) is 7.41. The van der Waals surface area contributed by atoms with Gasteiger partial charge in [-0.25, -0.2) is 4.39 Å². The number of aromatic nitrogens is 3. The lowest BCUT2D eigenvalue weighted by molar-refractivity contribution is -0.143. The largest absolute Gasteiger partial charge is 0.416 e. The number of amides is 1. The number of fused-ring (bicyclic) bond motifs is 1. The van der Waals surface area contributed by atoms with E-state index in [1.54, 1.807) is 21.6 Å². The summed E-state index contributed by atoms with van der Waals surface area (Å²) in [4.78, 5) is 14.8. The van der Waals surface area contributed by atoms with E-state index < -0.39 is 53.5 Å². The summed E-state index contributed by atoms with van der Waals surface area (Å²) < 4.78 is 102. The zero-order chi connectivity index (χ0) is 28.1. The number of nitrogens with zero attached hydrogens (tertiary/aromatic N) is 4. The maximum atomic E-state index is 13.7. The van der Waals surface area contributed by atoms with E-state index in [0.29, 0.717) is 24.1 Å². The smallest absolute Gasteiger partial charge is 0.368 e. The van der Waals surface area contributed by atoms with Gasteiger partial charge in [0.05, 0.1) is 23.3 Å². The van der Waals surface area contributed by atoms with Gasteiger partial charge in [-0.05, 0) is 54.8 Å². The molecule has 0 aliphatic carbocycles. The number of carbonyl (C=O) groups excluding carboxylic acids is 1. The lowest BCUT2D eigenvalue weighted by atomic mass is 9.84. The van der Waals surface area contributed by atoms with Crippen molar-refractivity contribution in [1.82, 2.24) is 19.7 Å². The number of halogens is 7. The summed E-state index contributed by atoms with van der Waals surface area (Å²) in [6.07, 6.45) is -8.31. The predicted molar refractivity (Wildman–Crippen MR) is 123 cm³/mol. The molecule has 5 atom stereocenters. The first-order chi connectivity index (χ1) is 18.3. The summed E-state index contributed by atoms with van der Waals surface area (Å²) in [5.74, 6) is -1.18. The van der Waals surface area contributed by atoms with Crippen LogP contribution in [-0.2, 0) is 21.9 Å². The van der Waals surface area contributed by atoms with Gasteiger partial charge in [0.1, 0.15) is 18.5 Å². The highest BCUT2D eigenvalue weighted by Crippen LogP contribution is 2.45. The van der Waals surface area contributed by atoms with Crippen molar-refractivity contribution in [2.45, 2.75) is 62.3 Å². The van der Waals surface area contributed by atoms with Crippen LogP contribution in [0.2, 0.25) is 0 Å². The minimum atomic E-state index is -5.00. The standard InChI is InChI=1S/C26H23F7N4O2/c1-14(16-6-17(25(28,29)30)8-18(7-16)26(31,32)33)39-22-11-37-21(24(22)15-2-4-19(27)5-3-15)9-20(10-23(37)38)36-12-34-35-13-36/h2-8,12-14,20-22,24H,9-11H2,1H3/t14-,20?,21?,22+,24?/m1/s1. The lowest BCUT2D eigenvalue weighted by Crippen LogP contribution is -2.44. The van der Waals surface area contributed by atoms with Crippen LogP contribution in [0.4, 0.5) is 30.7 Å². The summed E-state index contributed by atoms with van der Waals surface area (Å²) in [6, 6.07) is 6.28. The van der Waals surface area contributed by atoms with Crippen LogP contribution in [0.3, 0.4) is 0 Å². The van der Waals surface area contributed by atoms with Crippen molar-refractivity contribution >= 4 is 5.91 Å². The van der Waals surface area contributed by atoms with Crippen molar-refractivity contribution in [3.8, 4) is 0 Å². The molecule has 1 amide bonds. The molecule has 3 unspecified atom stereocenters. The Hall–Kier alpha value is -3.48. The van der Waals surface area contributed by atoms with Gasteiger partial charge in [0, 0.05) is 31.0 Å². The summed E-state index contributed by atoms with van der Waals surface area (Å²) >= 11 is 0. The average molecular weight is 556 g/mol. The van der Waals surface area contributed by atoms with Crippen molar-refractivity contribution in [1.29, 1.82) is 0 Å². The molecule has 2 saturated heterocycles. The molecule has 1 aromatic heterocycles. The number of benzene rings is 2. The Kier molecular flexibility index (Phi) is 6.90. The molecule has 0 N–H and O–H groups in total. The van der Waals surface area contributed by atoms with Crippen molar-refractivity contribution in [2.24, 2.45) is 0 Å². The quantitative estimate of drug-likeness (QED) is 0.366. The fourth-order valence-electron chi connectivity index (χ4n) is 5.55. The second kappa shape index (κ2) is 9.92. The summed E-state index contributed by atoms with van der Waals surface area (Å²) in [5, 5.41) is 7.59. The first-order valence-electron chi connectivity index (χ1n) is 12.1. The van der Waals surface area contributed by atoms with Crippen molar-refractivity contribution in [3.05, 3.63) is 83.2 Å². The SMILES string of the molecule is C[C@@H](O[C@H]1CN2C(=O)CC(n3cnnc3)CC2C1c1ccc(F)cc1)c1cc(C(F)(F)F)cc(C(F)(F)F)c1. The third kappa shape index (κ3) is 5.49. The highest BCUT2D eigenvalue weighted by molar-refractivity contribution is 5.78. The molecule has 0 saturated carbocycles. The van der Waals surface area contributed by atoms with E-state index in [1.807, 2.05) is 0 Å². The second-order valence-electron chi connectivity index (χ2n) is 9.85. The molecule has 3 heterocycles. The monoisotopic (exact) mass is 556 g/mol. The molecule has 0 spiro atoms. The van der Waals surface area contributed by atoms with Crippen LogP contribution >= 0.6 is 0 Å². The molecule has 3 aromatic rings. The number of piperidine rings is 1. The van der Waals surface area contributed by atoms with Crippen LogP contribution < -0.4 is 0 Å². The zero-order valence-corrected chi connectivity index (χ0v) is 20.5. The van der Waals surface area contributed by atoms with Gasteiger partial charge in [-0.2, -0.15) is 26.3 Å². The first-order valence-corrected chi connectivity index (χ1v) is 12.1. The molecular formula is C26H23F7N4O2.